The Labute approximate surface area is 144 Å². The van der Waals surface area contributed by atoms with Crippen molar-refractivity contribution in [2.75, 3.05) is 13.2 Å². The molecule has 2 aromatic rings. The van der Waals surface area contributed by atoms with Crippen LogP contribution in [0.1, 0.15) is 40.3 Å². The minimum absolute atomic E-state index is 0.245. The highest BCUT2D eigenvalue weighted by Crippen LogP contribution is 2.24. The van der Waals surface area contributed by atoms with Crippen LogP contribution in [0.4, 0.5) is 0 Å². The van der Waals surface area contributed by atoms with Crippen molar-refractivity contribution in [3.63, 3.8) is 0 Å². The Morgan fingerprint density at radius 1 is 1.24 bits per heavy atom. The summed E-state index contributed by atoms with van der Waals surface area (Å²) in [6.45, 7) is 6.06. The summed E-state index contributed by atoms with van der Waals surface area (Å²) in [5.74, 6) is -0.194. The summed E-state index contributed by atoms with van der Waals surface area (Å²) in [7, 11) is 0. The molecule has 8 nitrogen and oxygen atoms in total. The summed E-state index contributed by atoms with van der Waals surface area (Å²) in [6.07, 6.45) is 0.491. The number of aromatic nitrogens is 2. The number of carboxylic acid groups (broad SMARTS) is 1. The summed E-state index contributed by atoms with van der Waals surface area (Å²) >= 11 is 0. The first kappa shape index (κ1) is 17.2. The normalized spacial score (nSPS) is 16.6. The second-order valence-electron chi connectivity index (χ2n) is 6.37. The first-order valence-electron chi connectivity index (χ1n) is 8.10. The smallest absolute Gasteiger partial charge is 0.329 e. The Balaban J connectivity index is 1.91. The summed E-state index contributed by atoms with van der Waals surface area (Å²) < 4.78 is 12.1. The molecule has 0 aromatic carbocycles. The van der Waals surface area contributed by atoms with Gasteiger partial charge in [0, 0.05) is 43.5 Å². The van der Waals surface area contributed by atoms with E-state index in [9.17, 15) is 14.7 Å². The fraction of sp³-hybridized carbons (Fsp3) is 0.471. The molecule has 2 aromatic heterocycles. The SMILES string of the molecule is Cc1cc(-n2c(C)cc(C(=O)NC3(C(=O)O)CCOCC3)c2C)no1. The summed E-state index contributed by atoms with van der Waals surface area (Å²) in [4.78, 5) is 24.5. The lowest BCUT2D eigenvalue weighted by Crippen LogP contribution is -2.57. The number of amides is 1. The third-order valence-corrected chi connectivity index (χ3v) is 4.63. The van der Waals surface area contributed by atoms with E-state index in [1.807, 2.05) is 11.5 Å². The quantitative estimate of drug-likeness (QED) is 0.873. The van der Waals surface area contributed by atoms with Crippen LogP contribution in [0.2, 0.25) is 0 Å². The first-order chi connectivity index (χ1) is 11.8. The molecular weight excluding hydrogens is 326 g/mol. The van der Waals surface area contributed by atoms with E-state index in [-0.39, 0.29) is 12.8 Å². The number of aliphatic carboxylic acids is 1. The molecule has 3 rings (SSSR count). The molecule has 1 aliphatic rings. The maximum Gasteiger partial charge on any atom is 0.329 e. The van der Waals surface area contributed by atoms with Crippen molar-refractivity contribution in [1.29, 1.82) is 0 Å². The number of nitrogens with zero attached hydrogens (tertiary/aromatic N) is 2. The third-order valence-electron chi connectivity index (χ3n) is 4.63. The summed E-state index contributed by atoms with van der Waals surface area (Å²) in [6, 6.07) is 3.50. The van der Waals surface area contributed by atoms with Gasteiger partial charge in [0.15, 0.2) is 5.82 Å². The number of nitrogens with one attached hydrogen (secondary N) is 1. The molecule has 2 N–H and O–H groups in total. The van der Waals surface area contributed by atoms with Gasteiger partial charge in [-0.25, -0.2) is 4.79 Å². The van der Waals surface area contributed by atoms with Crippen molar-refractivity contribution in [3.8, 4) is 5.82 Å². The van der Waals surface area contributed by atoms with Crippen LogP contribution in [0.25, 0.3) is 5.82 Å². The van der Waals surface area contributed by atoms with Gasteiger partial charge >= 0.3 is 5.97 Å². The Kier molecular flexibility index (Phi) is 4.38. The zero-order valence-corrected chi connectivity index (χ0v) is 14.5. The zero-order valence-electron chi connectivity index (χ0n) is 14.5. The van der Waals surface area contributed by atoms with Gasteiger partial charge in [0.2, 0.25) is 0 Å². The lowest BCUT2D eigenvalue weighted by Gasteiger charge is -2.33. The monoisotopic (exact) mass is 347 g/mol. The number of carboxylic acids is 1. The van der Waals surface area contributed by atoms with Crippen LogP contribution in [0.3, 0.4) is 0 Å². The van der Waals surface area contributed by atoms with Gasteiger partial charge < -0.3 is 19.7 Å². The predicted molar refractivity (Wildman–Crippen MR) is 87.9 cm³/mol. The van der Waals surface area contributed by atoms with Gasteiger partial charge in [0.05, 0.1) is 5.56 Å². The van der Waals surface area contributed by atoms with Crippen molar-refractivity contribution in [2.45, 2.75) is 39.2 Å². The van der Waals surface area contributed by atoms with E-state index in [1.54, 1.807) is 26.0 Å². The molecule has 134 valence electrons. The van der Waals surface area contributed by atoms with E-state index >= 15 is 0 Å². The van der Waals surface area contributed by atoms with Crippen molar-refractivity contribution in [3.05, 3.63) is 34.8 Å². The maximum atomic E-state index is 12.8. The fourth-order valence-electron chi connectivity index (χ4n) is 3.20. The number of ether oxygens (including phenoxy) is 1. The molecule has 8 heteroatoms. The molecule has 1 fully saturated rings. The standard InChI is InChI=1S/C17H21N3O5/c1-10-8-13(12(3)20(10)14-9-11(2)25-19-14)15(21)18-17(16(22)23)4-6-24-7-5-17/h8-9H,4-7H2,1-3H3,(H,18,21)(H,22,23). The Hall–Kier alpha value is -2.61. The Morgan fingerprint density at radius 2 is 1.92 bits per heavy atom. The number of hydrogen-bond acceptors (Lipinski definition) is 5. The van der Waals surface area contributed by atoms with Gasteiger partial charge in [0.1, 0.15) is 11.3 Å². The molecule has 0 unspecified atom stereocenters. The molecule has 0 spiro atoms. The summed E-state index contributed by atoms with van der Waals surface area (Å²) in [5, 5.41) is 16.3. The number of carbonyl (C=O) groups is 2. The molecule has 0 aliphatic carbocycles. The summed E-state index contributed by atoms with van der Waals surface area (Å²) in [5.41, 5.74) is 0.621. The minimum Gasteiger partial charge on any atom is -0.480 e. The van der Waals surface area contributed by atoms with Crippen molar-refractivity contribution in [2.24, 2.45) is 0 Å². The molecule has 0 radical (unpaired) electrons. The fourth-order valence-corrected chi connectivity index (χ4v) is 3.20. The lowest BCUT2D eigenvalue weighted by atomic mass is 9.89. The van der Waals surface area contributed by atoms with Crippen molar-refractivity contribution >= 4 is 11.9 Å². The molecule has 0 saturated carbocycles. The number of aryl methyl sites for hydroxylation is 2. The second kappa shape index (κ2) is 6.36. The Morgan fingerprint density at radius 3 is 2.48 bits per heavy atom. The molecule has 1 saturated heterocycles. The van der Waals surface area contributed by atoms with E-state index < -0.39 is 17.4 Å². The number of carbonyl (C=O) groups excluding carboxylic acids is 1. The maximum absolute atomic E-state index is 12.8. The van der Waals surface area contributed by atoms with Crippen LogP contribution in [-0.2, 0) is 9.53 Å². The average Bonchev–Trinajstić information content (AvgIpc) is 3.11. The first-order valence-corrected chi connectivity index (χ1v) is 8.10. The predicted octanol–water partition coefficient (Wildman–Crippen LogP) is 1.75. The van der Waals surface area contributed by atoms with E-state index in [1.165, 1.54) is 0 Å². The van der Waals surface area contributed by atoms with E-state index in [4.69, 9.17) is 9.26 Å². The molecule has 1 amide bonds. The highest BCUT2D eigenvalue weighted by molar-refractivity contribution is 5.99. The van der Waals surface area contributed by atoms with E-state index in [0.29, 0.717) is 36.0 Å². The van der Waals surface area contributed by atoms with Crippen LogP contribution in [0, 0.1) is 20.8 Å². The number of hydrogen-bond donors (Lipinski definition) is 2. The van der Waals surface area contributed by atoms with E-state index in [0.717, 1.165) is 5.69 Å². The molecular formula is C17H21N3O5. The molecule has 1 aliphatic heterocycles. The second-order valence-corrected chi connectivity index (χ2v) is 6.37. The van der Waals surface area contributed by atoms with Crippen LogP contribution in [0.15, 0.2) is 16.7 Å². The van der Waals surface area contributed by atoms with Crippen molar-refractivity contribution < 1.29 is 24.0 Å². The van der Waals surface area contributed by atoms with Gasteiger partial charge in [0.25, 0.3) is 5.91 Å². The molecule has 0 bridgehead atoms. The van der Waals surface area contributed by atoms with Gasteiger partial charge in [-0.15, -0.1) is 0 Å². The molecule has 0 atom stereocenters. The van der Waals surface area contributed by atoms with Crippen LogP contribution >= 0.6 is 0 Å². The zero-order chi connectivity index (χ0) is 18.2. The number of rotatable bonds is 4. The van der Waals surface area contributed by atoms with Gasteiger partial charge in [-0.2, -0.15) is 0 Å². The lowest BCUT2D eigenvalue weighted by molar-refractivity contribution is -0.148. The molecule has 25 heavy (non-hydrogen) atoms. The topological polar surface area (TPSA) is 107 Å². The molecule has 3 heterocycles. The van der Waals surface area contributed by atoms with Gasteiger partial charge in [-0.05, 0) is 26.8 Å². The Bertz CT molecular complexity index is 814. The highest BCUT2D eigenvalue weighted by atomic mass is 16.5. The highest BCUT2D eigenvalue weighted by Gasteiger charge is 2.42. The van der Waals surface area contributed by atoms with Crippen LogP contribution < -0.4 is 5.32 Å². The van der Waals surface area contributed by atoms with Crippen LogP contribution in [-0.4, -0.2) is 45.5 Å². The minimum atomic E-state index is -1.29. The van der Waals surface area contributed by atoms with Gasteiger partial charge in [-0.1, -0.05) is 5.16 Å². The van der Waals surface area contributed by atoms with E-state index in [2.05, 4.69) is 10.5 Å². The third kappa shape index (κ3) is 3.05. The van der Waals surface area contributed by atoms with Gasteiger partial charge in [-0.3, -0.25) is 9.36 Å². The average molecular weight is 347 g/mol. The largest absolute Gasteiger partial charge is 0.480 e. The van der Waals surface area contributed by atoms with Crippen molar-refractivity contribution in [1.82, 2.24) is 15.0 Å². The van der Waals surface area contributed by atoms with Crippen LogP contribution in [0.5, 0.6) is 0 Å².